The van der Waals surface area contributed by atoms with Crippen LogP contribution in [-0.4, -0.2) is 52.1 Å². The average molecular weight is 1490 g/mol. The van der Waals surface area contributed by atoms with Gasteiger partial charge in [-0.2, -0.15) is 0 Å². The maximum atomic E-state index is 6.86. The molecule has 0 aliphatic rings. The van der Waals surface area contributed by atoms with Gasteiger partial charge in [0.2, 0.25) is 11.5 Å². The van der Waals surface area contributed by atoms with E-state index < -0.39 is 0 Å². The van der Waals surface area contributed by atoms with Gasteiger partial charge in [0.25, 0.3) is 0 Å². The van der Waals surface area contributed by atoms with E-state index in [1.54, 1.807) is 0 Å². The predicted molar refractivity (Wildman–Crippen MR) is 472 cm³/mol. The Bertz CT molecular complexity index is 2500. The molecular weight excluding hydrogens is 1330 g/mol. The second-order valence-electron chi connectivity index (χ2n) is 32.2. The van der Waals surface area contributed by atoms with Crippen molar-refractivity contribution in [3.05, 3.63) is 95.1 Å². The number of rotatable bonds is 79. The van der Waals surface area contributed by atoms with Gasteiger partial charge in [-0.15, -0.1) is 0 Å². The number of benzene rings is 4. The summed E-state index contributed by atoms with van der Waals surface area (Å²) in [5.74, 6) is 4.63. The van der Waals surface area contributed by atoms with Crippen LogP contribution in [-0.2, 0) is 12.8 Å². The molecule has 0 saturated heterocycles. The largest absolute Gasteiger partial charge is 0.490 e. The molecule has 8 heteroatoms. The number of aryl methyl sites for hydroxylation is 2. The molecule has 0 fully saturated rings. The van der Waals surface area contributed by atoms with Crippen LogP contribution in [0.25, 0.3) is 0 Å². The average Bonchev–Trinajstić information content (AvgIpc) is 0.821. The summed E-state index contributed by atoms with van der Waals surface area (Å²) in [5.41, 5.74) is 6.28. The van der Waals surface area contributed by atoms with Gasteiger partial charge in [-0.05, 0) is 111 Å². The van der Waals surface area contributed by atoms with Crippen molar-refractivity contribution in [3.63, 3.8) is 0 Å². The van der Waals surface area contributed by atoms with Crippen LogP contribution in [0.3, 0.4) is 0 Å². The SMILES string of the molecule is CCCCCCCCCCCCOc1ccc(C=Nc2ccc(CCc3ccc(N=Cc4ccc(OCCCCCCCCCCCC)c(OCCCCCCCCCCCC)c4OCCCCCCCCCCCC)cc3)cc2)c(OCCCCCCCCCCCC)c1OCCCCCCCCCCCC. The van der Waals surface area contributed by atoms with E-state index in [1.165, 1.54) is 358 Å². The number of hydrogen-bond acceptors (Lipinski definition) is 8. The quantitative estimate of drug-likeness (QED) is 0.0324. The van der Waals surface area contributed by atoms with Crippen molar-refractivity contribution in [1.82, 2.24) is 0 Å². The second kappa shape index (κ2) is 71.1. The first-order chi connectivity index (χ1) is 53.5. The lowest BCUT2D eigenvalue weighted by molar-refractivity contribution is 0.234. The summed E-state index contributed by atoms with van der Waals surface area (Å²) in [7, 11) is 0. The minimum absolute atomic E-state index is 0.647. The maximum absolute atomic E-state index is 6.86. The highest BCUT2D eigenvalue weighted by Crippen LogP contribution is 2.43. The predicted octanol–water partition coefficient (Wildman–Crippen LogP) is 32.8. The van der Waals surface area contributed by atoms with Crippen LogP contribution in [0, 0.1) is 0 Å². The highest BCUT2D eigenvalue weighted by Gasteiger charge is 2.20. The lowest BCUT2D eigenvalue weighted by atomic mass is 10.0. The molecule has 108 heavy (non-hydrogen) atoms. The Kier molecular flexibility index (Phi) is 62.8. The van der Waals surface area contributed by atoms with Crippen LogP contribution in [0.5, 0.6) is 34.5 Å². The Morgan fingerprint density at radius 3 is 0.593 bits per heavy atom. The molecule has 0 aliphatic heterocycles. The summed E-state index contributed by atoms with van der Waals surface area (Å²) in [4.78, 5) is 10.2. The molecule has 0 aliphatic carbocycles. The molecule has 0 spiro atoms. The third-order valence-electron chi connectivity index (χ3n) is 22.0. The Morgan fingerprint density at radius 1 is 0.194 bits per heavy atom. The van der Waals surface area contributed by atoms with E-state index in [-0.39, 0.29) is 0 Å². The van der Waals surface area contributed by atoms with Crippen molar-refractivity contribution in [3.8, 4) is 34.5 Å². The molecule has 0 unspecified atom stereocenters. The van der Waals surface area contributed by atoms with Gasteiger partial charge in [-0.1, -0.05) is 413 Å². The highest BCUT2D eigenvalue weighted by atomic mass is 16.5. The normalized spacial score (nSPS) is 11.6. The van der Waals surface area contributed by atoms with E-state index in [0.717, 1.165) is 108 Å². The molecule has 0 saturated carbocycles. The van der Waals surface area contributed by atoms with Gasteiger partial charge in [0, 0.05) is 23.6 Å². The summed E-state index contributed by atoms with van der Waals surface area (Å²) < 4.78 is 40.7. The Balaban J connectivity index is 1.48. The molecule has 0 radical (unpaired) electrons. The molecule has 4 rings (SSSR count). The minimum atomic E-state index is 0.647. The third kappa shape index (κ3) is 50.1. The molecule has 0 N–H and O–H groups in total. The molecule has 4 aromatic carbocycles. The van der Waals surface area contributed by atoms with Crippen LogP contribution in [0.15, 0.2) is 82.8 Å². The molecular formula is C100H168N2O6. The third-order valence-corrected chi connectivity index (χ3v) is 22.0. The molecule has 0 heterocycles. The zero-order valence-corrected chi connectivity index (χ0v) is 71.5. The summed E-state index contributed by atoms with van der Waals surface area (Å²) in [5, 5.41) is 0. The summed E-state index contributed by atoms with van der Waals surface area (Å²) in [6, 6.07) is 26.0. The Labute approximate surface area is 667 Å². The summed E-state index contributed by atoms with van der Waals surface area (Å²) in [6.07, 6.45) is 83.4. The van der Waals surface area contributed by atoms with Gasteiger partial charge in [0.15, 0.2) is 23.0 Å². The molecule has 0 bridgehead atoms. The Hall–Kier alpha value is -4.98. The first kappa shape index (κ1) is 95.4. The van der Waals surface area contributed by atoms with E-state index in [0.29, 0.717) is 39.6 Å². The molecule has 0 amide bonds. The number of hydrogen-bond donors (Lipinski definition) is 0. The van der Waals surface area contributed by atoms with Gasteiger partial charge < -0.3 is 28.4 Å². The lowest BCUT2D eigenvalue weighted by Crippen LogP contribution is -2.08. The van der Waals surface area contributed by atoms with Gasteiger partial charge in [-0.25, -0.2) is 0 Å². The lowest BCUT2D eigenvalue weighted by Gasteiger charge is -2.19. The van der Waals surface area contributed by atoms with Crippen molar-refractivity contribution in [2.24, 2.45) is 9.98 Å². The Morgan fingerprint density at radius 2 is 0.380 bits per heavy atom. The zero-order valence-electron chi connectivity index (χ0n) is 71.5. The second-order valence-corrected chi connectivity index (χ2v) is 32.2. The zero-order chi connectivity index (χ0) is 76.6. The van der Waals surface area contributed by atoms with Crippen LogP contribution >= 0.6 is 0 Å². The molecule has 8 nitrogen and oxygen atoms in total. The van der Waals surface area contributed by atoms with Crippen LogP contribution in [0.2, 0.25) is 0 Å². The molecule has 4 aromatic rings. The van der Waals surface area contributed by atoms with Crippen LogP contribution in [0.1, 0.15) is 449 Å². The summed E-state index contributed by atoms with van der Waals surface area (Å²) >= 11 is 0. The fourth-order valence-corrected chi connectivity index (χ4v) is 14.8. The minimum Gasteiger partial charge on any atom is -0.490 e. The topological polar surface area (TPSA) is 80.1 Å². The van der Waals surface area contributed by atoms with Crippen molar-refractivity contribution in [2.45, 2.75) is 440 Å². The number of unbranched alkanes of at least 4 members (excludes halogenated alkanes) is 54. The molecule has 614 valence electrons. The number of ether oxygens (including phenoxy) is 6. The molecule has 0 atom stereocenters. The van der Waals surface area contributed by atoms with Crippen molar-refractivity contribution >= 4 is 23.8 Å². The van der Waals surface area contributed by atoms with E-state index in [2.05, 4.69) is 114 Å². The van der Waals surface area contributed by atoms with Crippen molar-refractivity contribution in [1.29, 1.82) is 0 Å². The first-order valence-corrected chi connectivity index (χ1v) is 46.9. The van der Waals surface area contributed by atoms with Crippen molar-refractivity contribution in [2.75, 3.05) is 39.6 Å². The van der Waals surface area contributed by atoms with Crippen molar-refractivity contribution < 1.29 is 28.4 Å². The van der Waals surface area contributed by atoms with Gasteiger partial charge in [0.05, 0.1) is 51.0 Å². The fourth-order valence-electron chi connectivity index (χ4n) is 14.8. The molecule has 0 aromatic heterocycles. The monoisotopic (exact) mass is 1490 g/mol. The van der Waals surface area contributed by atoms with E-state index in [4.69, 9.17) is 38.4 Å². The number of aliphatic imine (C=N–C) groups is 2. The van der Waals surface area contributed by atoms with Gasteiger partial charge in [-0.3, -0.25) is 9.98 Å². The van der Waals surface area contributed by atoms with Gasteiger partial charge in [0.1, 0.15) is 0 Å². The van der Waals surface area contributed by atoms with E-state index in [9.17, 15) is 0 Å². The summed E-state index contributed by atoms with van der Waals surface area (Å²) in [6.45, 7) is 17.8. The standard InChI is InChI=1S/C100H168N2O6/c1-7-13-19-25-31-37-43-49-55-61-81-103-95-79-73-91(97(105-83-63-57-51-45-39-33-27-21-15-9-3)99(95)107-85-65-59-53-47-41-35-29-23-17-11-5)87-101-93-75-69-89(70-76-93)67-68-90-71-77-94(78-72-90)102-88-92-74-80-96(104-82-62-56-50-44-38-32-26-20-14-8-2)100(108-86-66-60-54-48-42-36-30-24-18-12-6)98(92)106-84-64-58-52-46-40-34-28-22-16-10-4/h69-80,87-88H,7-68,81-86H2,1-6H3. The van der Waals surface area contributed by atoms with Gasteiger partial charge >= 0.3 is 0 Å². The van der Waals surface area contributed by atoms with Crippen LogP contribution in [0.4, 0.5) is 11.4 Å². The van der Waals surface area contributed by atoms with E-state index in [1.807, 2.05) is 12.4 Å². The maximum Gasteiger partial charge on any atom is 0.204 e. The fraction of sp³-hybridized carbons (Fsp3) is 0.740. The first-order valence-electron chi connectivity index (χ1n) is 46.9. The van der Waals surface area contributed by atoms with Crippen LogP contribution < -0.4 is 28.4 Å². The smallest absolute Gasteiger partial charge is 0.204 e. The van der Waals surface area contributed by atoms with E-state index >= 15 is 0 Å². The highest BCUT2D eigenvalue weighted by molar-refractivity contribution is 5.88. The number of nitrogens with zero attached hydrogens (tertiary/aromatic N) is 2.